The molecule has 22 heavy (non-hydrogen) atoms. The summed E-state index contributed by atoms with van der Waals surface area (Å²) in [6.45, 7) is 4.93. The Balaban J connectivity index is 1.59. The van der Waals surface area contributed by atoms with Crippen molar-refractivity contribution < 1.29 is 0 Å². The summed E-state index contributed by atoms with van der Waals surface area (Å²) in [7, 11) is 0. The summed E-state index contributed by atoms with van der Waals surface area (Å²) in [6, 6.07) is 0. The number of benzene rings is 1. The summed E-state index contributed by atoms with van der Waals surface area (Å²) in [5.74, 6) is 3.04. The van der Waals surface area contributed by atoms with E-state index in [9.17, 15) is 0 Å². The Hall–Kier alpha value is -1.30. The largest absolute Gasteiger partial charge is 0.0798 e. The van der Waals surface area contributed by atoms with Crippen molar-refractivity contribution >= 4 is 0 Å². The quantitative estimate of drug-likeness (QED) is 0.563. The maximum atomic E-state index is 2.56. The smallest absolute Gasteiger partial charge is 0.00893 e. The van der Waals surface area contributed by atoms with E-state index >= 15 is 0 Å². The van der Waals surface area contributed by atoms with Gasteiger partial charge in [-0.25, -0.2) is 0 Å². The van der Waals surface area contributed by atoms with Crippen LogP contribution in [0.15, 0.2) is 24.3 Å². The topological polar surface area (TPSA) is 0 Å². The van der Waals surface area contributed by atoms with E-state index in [1.807, 2.05) is 0 Å². The molecule has 6 aliphatic carbocycles. The summed E-state index contributed by atoms with van der Waals surface area (Å²) in [6.07, 6.45) is 16.1. The molecule has 7 rings (SSSR count). The molecule has 1 aromatic rings. The summed E-state index contributed by atoms with van der Waals surface area (Å²) in [4.78, 5) is 0. The molecule has 1 aromatic carbocycles. The molecule has 0 amide bonds. The van der Waals surface area contributed by atoms with Gasteiger partial charge < -0.3 is 0 Å². The second kappa shape index (κ2) is 2.90. The van der Waals surface area contributed by atoms with Crippen LogP contribution in [-0.2, 0) is 0 Å². The normalized spacial score (nSPS) is 40.8. The van der Waals surface area contributed by atoms with Crippen molar-refractivity contribution in [2.75, 3.05) is 0 Å². The Labute approximate surface area is 132 Å². The number of allylic oxidation sites excluding steroid dienone is 4. The zero-order chi connectivity index (χ0) is 14.4. The first-order valence-electron chi connectivity index (χ1n) is 9.22. The monoisotopic (exact) mass is 286 g/mol. The van der Waals surface area contributed by atoms with Gasteiger partial charge in [0.15, 0.2) is 0 Å². The van der Waals surface area contributed by atoms with Crippen LogP contribution in [0.4, 0.5) is 0 Å². The lowest BCUT2D eigenvalue weighted by Gasteiger charge is -2.25. The van der Waals surface area contributed by atoms with Crippen LogP contribution in [0.3, 0.4) is 0 Å². The minimum Gasteiger partial charge on any atom is -0.0798 e. The van der Waals surface area contributed by atoms with Gasteiger partial charge in [-0.05, 0) is 83.7 Å². The highest BCUT2D eigenvalue weighted by molar-refractivity contribution is 5.70. The Morgan fingerprint density at radius 2 is 0.864 bits per heavy atom. The second-order valence-corrected chi connectivity index (χ2v) is 9.05. The molecule has 0 N–H and O–H groups in total. The molecular weight excluding hydrogens is 264 g/mol. The molecule has 0 saturated heterocycles. The fraction of sp³-hybridized carbons (Fsp3) is 0.545. The van der Waals surface area contributed by atoms with E-state index in [4.69, 9.17) is 0 Å². The average molecular weight is 286 g/mol. The van der Waals surface area contributed by atoms with Gasteiger partial charge in [-0.2, -0.15) is 0 Å². The fourth-order valence-electron chi connectivity index (χ4n) is 7.37. The minimum atomic E-state index is 0.636. The van der Waals surface area contributed by atoms with Crippen LogP contribution in [0.25, 0.3) is 0 Å². The van der Waals surface area contributed by atoms with Gasteiger partial charge in [-0.1, -0.05) is 24.3 Å². The van der Waals surface area contributed by atoms with Gasteiger partial charge in [0.25, 0.3) is 0 Å². The van der Waals surface area contributed by atoms with E-state index in [2.05, 4.69) is 38.2 Å². The summed E-state index contributed by atoms with van der Waals surface area (Å²) < 4.78 is 0. The second-order valence-electron chi connectivity index (χ2n) is 9.05. The van der Waals surface area contributed by atoms with Gasteiger partial charge in [0.2, 0.25) is 0 Å². The highest BCUT2D eigenvalue weighted by Crippen LogP contribution is 2.78. The molecule has 4 bridgehead atoms. The third-order valence-corrected chi connectivity index (χ3v) is 8.56. The predicted octanol–water partition coefficient (Wildman–Crippen LogP) is 5.37. The van der Waals surface area contributed by atoms with Crippen LogP contribution in [0.2, 0.25) is 0 Å². The van der Waals surface area contributed by atoms with E-state index in [1.165, 1.54) is 25.7 Å². The average Bonchev–Trinajstić information content (AvgIpc) is 3.37. The molecule has 110 valence electrons. The van der Waals surface area contributed by atoms with Crippen molar-refractivity contribution in [1.82, 2.24) is 0 Å². The summed E-state index contributed by atoms with van der Waals surface area (Å²) in [5.41, 5.74) is 11.8. The third-order valence-electron chi connectivity index (χ3n) is 8.56. The zero-order valence-electron chi connectivity index (χ0n) is 13.4. The lowest BCUT2D eigenvalue weighted by atomic mass is 9.80. The van der Waals surface area contributed by atoms with Gasteiger partial charge in [-0.15, -0.1) is 0 Å². The highest BCUT2D eigenvalue weighted by atomic mass is 14.7. The van der Waals surface area contributed by atoms with Crippen LogP contribution in [0.5, 0.6) is 0 Å². The van der Waals surface area contributed by atoms with Crippen LogP contribution in [0.1, 0.15) is 82.7 Å². The first-order valence-corrected chi connectivity index (χ1v) is 9.22. The molecule has 4 atom stereocenters. The maximum absolute atomic E-state index is 2.56. The Kier molecular flexibility index (Phi) is 1.49. The Morgan fingerprint density at radius 3 is 1.09 bits per heavy atom. The van der Waals surface area contributed by atoms with Crippen LogP contribution in [-0.4, -0.2) is 0 Å². The van der Waals surface area contributed by atoms with Crippen molar-refractivity contribution in [3.63, 3.8) is 0 Å². The lowest BCUT2D eigenvalue weighted by molar-refractivity contribution is 0.475. The van der Waals surface area contributed by atoms with E-state index in [-0.39, 0.29) is 0 Å². The van der Waals surface area contributed by atoms with E-state index in [1.54, 1.807) is 33.4 Å². The molecule has 2 saturated carbocycles. The van der Waals surface area contributed by atoms with E-state index in [0.717, 1.165) is 23.7 Å². The van der Waals surface area contributed by atoms with Gasteiger partial charge in [-0.3, -0.25) is 0 Å². The van der Waals surface area contributed by atoms with Gasteiger partial charge in [0.1, 0.15) is 0 Å². The molecule has 0 aromatic heterocycles. The first-order chi connectivity index (χ1) is 10.7. The minimum absolute atomic E-state index is 0.636. The molecule has 0 radical (unpaired) electrons. The fourth-order valence-corrected chi connectivity index (χ4v) is 7.37. The van der Waals surface area contributed by atoms with Crippen LogP contribution >= 0.6 is 0 Å². The molecule has 2 fully saturated rings. The number of hydrogen-bond donors (Lipinski definition) is 0. The maximum Gasteiger partial charge on any atom is 0.00893 e. The zero-order valence-corrected chi connectivity index (χ0v) is 13.4. The third kappa shape index (κ3) is 0.857. The SMILES string of the molecule is Cc1c2c(c(C)c3c1[C@@H]1C=C[C@@H]3C13CC3)[C@@H]1C=C[C@@H]2C12CC2. The number of hydrogen-bond acceptors (Lipinski definition) is 0. The first kappa shape index (κ1) is 11.3. The molecule has 2 spiro atoms. The van der Waals surface area contributed by atoms with Gasteiger partial charge in [0, 0.05) is 23.7 Å². The van der Waals surface area contributed by atoms with Crippen LogP contribution in [0, 0.1) is 24.7 Å². The Bertz CT molecular complexity index is 713. The molecular formula is C22H22. The Morgan fingerprint density at radius 1 is 0.591 bits per heavy atom. The number of fused-ring (bicyclic) bond motifs is 6. The molecule has 0 nitrogen and oxygen atoms in total. The van der Waals surface area contributed by atoms with Crippen molar-refractivity contribution in [3.8, 4) is 0 Å². The number of rotatable bonds is 0. The molecule has 0 unspecified atom stereocenters. The van der Waals surface area contributed by atoms with Crippen LogP contribution < -0.4 is 0 Å². The molecule has 6 aliphatic rings. The highest BCUT2D eigenvalue weighted by Gasteiger charge is 2.66. The van der Waals surface area contributed by atoms with Crippen molar-refractivity contribution in [1.29, 1.82) is 0 Å². The van der Waals surface area contributed by atoms with Gasteiger partial charge >= 0.3 is 0 Å². The summed E-state index contributed by atoms with van der Waals surface area (Å²) >= 11 is 0. The predicted molar refractivity (Wildman–Crippen MR) is 88.5 cm³/mol. The van der Waals surface area contributed by atoms with Crippen molar-refractivity contribution in [2.45, 2.75) is 63.2 Å². The lowest BCUT2D eigenvalue weighted by Crippen LogP contribution is -2.08. The van der Waals surface area contributed by atoms with Crippen molar-refractivity contribution in [3.05, 3.63) is 57.7 Å². The van der Waals surface area contributed by atoms with E-state index in [0.29, 0.717) is 10.8 Å². The van der Waals surface area contributed by atoms with Gasteiger partial charge in [0.05, 0.1) is 0 Å². The molecule has 0 heterocycles. The summed E-state index contributed by atoms with van der Waals surface area (Å²) in [5, 5.41) is 0. The molecule has 0 aliphatic heterocycles. The standard InChI is InChI=1S/C22H22/c1-11-17-13-3-5-15(21(13)7-8-21)19(17)12(2)20-16-6-4-14(18(11)20)22(16)9-10-22/h3-6,13-16H,7-10H2,1-2H3/t13-,14-,15-,16-/m0/s1. The molecule has 0 heteroatoms. The van der Waals surface area contributed by atoms with Crippen molar-refractivity contribution in [2.24, 2.45) is 10.8 Å². The van der Waals surface area contributed by atoms with E-state index < -0.39 is 0 Å².